The minimum atomic E-state index is -0.592. The lowest BCUT2D eigenvalue weighted by Gasteiger charge is -2.12. The molecule has 1 saturated heterocycles. The van der Waals surface area contributed by atoms with Crippen molar-refractivity contribution >= 4 is 40.5 Å². The average molecular weight is 468 g/mol. The molecule has 0 spiro atoms. The van der Waals surface area contributed by atoms with E-state index in [0.717, 1.165) is 16.7 Å². The van der Waals surface area contributed by atoms with Crippen LogP contribution in [0.4, 0.5) is 10.5 Å². The molecule has 1 aliphatic heterocycles. The van der Waals surface area contributed by atoms with E-state index in [1.165, 1.54) is 24.3 Å². The number of thioether (sulfide) groups is 1. The molecule has 0 N–H and O–H groups in total. The van der Waals surface area contributed by atoms with Gasteiger partial charge in [-0.3, -0.25) is 29.4 Å². The van der Waals surface area contributed by atoms with Gasteiger partial charge in [0, 0.05) is 17.7 Å². The van der Waals surface area contributed by atoms with E-state index in [4.69, 9.17) is 9.47 Å². The maximum absolute atomic E-state index is 12.8. The summed E-state index contributed by atoms with van der Waals surface area (Å²) in [5.41, 5.74) is 0.629. The van der Waals surface area contributed by atoms with E-state index in [0.29, 0.717) is 30.3 Å². The number of Topliss-reactive ketones (excluding diaryl/α,β-unsaturated/α-hetero) is 1. The largest absolute Gasteiger partial charge is 0.490 e. The lowest BCUT2D eigenvalue weighted by molar-refractivity contribution is -0.384. The minimum Gasteiger partial charge on any atom is -0.490 e. The second-order valence-corrected chi connectivity index (χ2v) is 7.73. The summed E-state index contributed by atoms with van der Waals surface area (Å²) >= 11 is 0.729. The van der Waals surface area contributed by atoms with Crippen molar-refractivity contribution in [3.05, 3.63) is 81.3 Å². The first-order valence-electron chi connectivity index (χ1n) is 9.87. The number of nitro benzene ring substituents is 1. The van der Waals surface area contributed by atoms with Gasteiger partial charge in [-0.05, 0) is 54.6 Å². The highest BCUT2D eigenvalue weighted by Crippen LogP contribution is 2.35. The van der Waals surface area contributed by atoms with Crippen LogP contribution in [-0.4, -0.2) is 46.5 Å². The van der Waals surface area contributed by atoms with Gasteiger partial charge in [0.25, 0.3) is 16.8 Å². The first kappa shape index (κ1) is 23.7. The molecule has 0 aromatic heterocycles. The zero-order valence-corrected chi connectivity index (χ0v) is 18.5. The molecule has 0 saturated carbocycles. The summed E-state index contributed by atoms with van der Waals surface area (Å²) in [5, 5.41) is 10.2. The second-order valence-electron chi connectivity index (χ2n) is 6.73. The van der Waals surface area contributed by atoms with Crippen molar-refractivity contribution in [3.63, 3.8) is 0 Å². The number of nitro groups is 1. The van der Waals surface area contributed by atoms with Crippen LogP contribution < -0.4 is 9.47 Å². The summed E-state index contributed by atoms with van der Waals surface area (Å²) in [7, 11) is 0. The third-order valence-electron chi connectivity index (χ3n) is 4.50. The topological polar surface area (TPSA) is 116 Å². The van der Waals surface area contributed by atoms with Gasteiger partial charge in [-0.1, -0.05) is 18.7 Å². The molecule has 1 fully saturated rings. The van der Waals surface area contributed by atoms with Crippen molar-refractivity contribution in [2.45, 2.75) is 6.92 Å². The molecule has 170 valence electrons. The highest BCUT2D eigenvalue weighted by Gasteiger charge is 2.36. The maximum atomic E-state index is 12.8. The molecular formula is C23H20N2O7S. The Morgan fingerprint density at radius 3 is 2.52 bits per heavy atom. The van der Waals surface area contributed by atoms with E-state index in [-0.39, 0.29) is 16.2 Å². The molecule has 0 atom stereocenters. The molecule has 0 radical (unpaired) electrons. The monoisotopic (exact) mass is 468 g/mol. The van der Waals surface area contributed by atoms with Gasteiger partial charge < -0.3 is 9.47 Å². The van der Waals surface area contributed by atoms with Crippen molar-refractivity contribution < 1.29 is 28.8 Å². The fraction of sp³-hybridized carbons (Fsp3) is 0.174. The number of hydrogen-bond acceptors (Lipinski definition) is 8. The molecule has 0 aliphatic carbocycles. The van der Waals surface area contributed by atoms with E-state index in [9.17, 15) is 24.5 Å². The smallest absolute Gasteiger partial charge is 0.293 e. The summed E-state index contributed by atoms with van der Waals surface area (Å²) in [6, 6.07) is 10.1. The van der Waals surface area contributed by atoms with Gasteiger partial charge in [0.1, 0.15) is 6.61 Å². The predicted octanol–water partition coefficient (Wildman–Crippen LogP) is 4.48. The number of carbonyl (C=O) groups excluding carboxylic acids is 3. The summed E-state index contributed by atoms with van der Waals surface area (Å²) in [6.07, 6.45) is 3.15. The molecule has 10 heteroatoms. The van der Waals surface area contributed by atoms with Crippen LogP contribution >= 0.6 is 11.8 Å². The molecular weight excluding hydrogens is 448 g/mol. The van der Waals surface area contributed by atoms with E-state index in [1.54, 1.807) is 30.4 Å². The van der Waals surface area contributed by atoms with Gasteiger partial charge in [-0.25, -0.2) is 0 Å². The van der Waals surface area contributed by atoms with Crippen LogP contribution in [-0.2, 0) is 4.79 Å². The molecule has 33 heavy (non-hydrogen) atoms. The summed E-state index contributed by atoms with van der Waals surface area (Å²) in [5.74, 6) is -0.0858. The first-order chi connectivity index (χ1) is 15.8. The van der Waals surface area contributed by atoms with Gasteiger partial charge in [0.05, 0.1) is 23.0 Å². The van der Waals surface area contributed by atoms with Crippen LogP contribution in [0.1, 0.15) is 22.8 Å². The van der Waals surface area contributed by atoms with Crippen molar-refractivity contribution in [2.24, 2.45) is 0 Å². The number of nitrogens with zero attached hydrogens (tertiary/aromatic N) is 2. The second kappa shape index (κ2) is 10.6. The Morgan fingerprint density at radius 1 is 1.15 bits per heavy atom. The summed E-state index contributed by atoms with van der Waals surface area (Å²) < 4.78 is 11.1. The zero-order chi connectivity index (χ0) is 24.0. The van der Waals surface area contributed by atoms with Crippen LogP contribution in [0.25, 0.3) is 6.08 Å². The average Bonchev–Trinajstić information content (AvgIpc) is 3.06. The van der Waals surface area contributed by atoms with Gasteiger partial charge >= 0.3 is 0 Å². The molecule has 2 aromatic rings. The fourth-order valence-electron chi connectivity index (χ4n) is 2.94. The Hall–Kier alpha value is -3.92. The normalized spacial score (nSPS) is 14.5. The third kappa shape index (κ3) is 5.66. The predicted molar refractivity (Wildman–Crippen MR) is 123 cm³/mol. The number of rotatable bonds is 10. The van der Waals surface area contributed by atoms with Crippen molar-refractivity contribution in [3.8, 4) is 11.5 Å². The standard InChI is InChI=1S/C23H20N2O7S/c1-3-11-32-19-10-5-15(12-20(19)31-4-2)13-21-22(27)24(23(28)33-21)14-18(26)16-6-8-17(9-7-16)25(29)30/h3,5-10,12-13H,1,4,11,14H2,2H3/b21-13+. The van der Waals surface area contributed by atoms with Crippen molar-refractivity contribution in [1.82, 2.24) is 4.90 Å². The van der Waals surface area contributed by atoms with Gasteiger partial charge in [0.15, 0.2) is 17.3 Å². The molecule has 2 aromatic carbocycles. The number of benzene rings is 2. The van der Waals surface area contributed by atoms with Crippen LogP contribution in [0.2, 0.25) is 0 Å². The van der Waals surface area contributed by atoms with Gasteiger partial charge in [0.2, 0.25) is 0 Å². The SMILES string of the molecule is C=CCOc1ccc(/C=C2/SC(=O)N(CC(=O)c3ccc([N+](=O)[O-])cc3)C2=O)cc1OCC. The Bertz CT molecular complexity index is 1140. The minimum absolute atomic E-state index is 0.159. The fourth-order valence-corrected chi connectivity index (χ4v) is 3.78. The lowest BCUT2D eigenvalue weighted by atomic mass is 10.1. The molecule has 1 heterocycles. The zero-order valence-electron chi connectivity index (χ0n) is 17.7. The van der Waals surface area contributed by atoms with Crippen LogP contribution in [0, 0.1) is 10.1 Å². The van der Waals surface area contributed by atoms with Crippen LogP contribution in [0.15, 0.2) is 60.0 Å². The van der Waals surface area contributed by atoms with E-state index in [2.05, 4.69) is 6.58 Å². The highest BCUT2D eigenvalue weighted by molar-refractivity contribution is 8.18. The molecule has 1 aliphatic rings. The van der Waals surface area contributed by atoms with E-state index < -0.39 is 28.4 Å². The number of hydrogen-bond donors (Lipinski definition) is 0. The van der Waals surface area contributed by atoms with Crippen LogP contribution in [0.5, 0.6) is 11.5 Å². The molecule has 9 nitrogen and oxygen atoms in total. The van der Waals surface area contributed by atoms with Gasteiger partial charge in [-0.2, -0.15) is 0 Å². The number of ketones is 1. The molecule has 0 bridgehead atoms. The van der Waals surface area contributed by atoms with Crippen molar-refractivity contribution in [1.29, 1.82) is 0 Å². The Labute approximate surface area is 193 Å². The summed E-state index contributed by atoms with van der Waals surface area (Å²) in [6.45, 7) is 5.70. The Morgan fingerprint density at radius 2 is 1.88 bits per heavy atom. The first-order valence-corrected chi connectivity index (χ1v) is 10.7. The lowest BCUT2D eigenvalue weighted by Crippen LogP contribution is -2.33. The number of imide groups is 1. The molecule has 0 unspecified atom stereocenters. The van der Waals surface area contributed by atoms with E-state index >= 15 is 0 Å². The Kier molecular flexibility index (Phi) is 7.62. The highest BCUT2D eigenvalue weighted by atomic mass is 32.2. The molecule has 3 rings (SSSR count). The van der Waals surface area contributed by atoms with Gasteiger partial charge in [-0.15, -0.1) is 0 Å². The number of non-ortho nitro benzene ring substituents is 1. The molecule has 2 amide bonds. The van der Waals surface area contributed by atoms with Crippen molar-refractivity contribution in [2.75, 3.05) is 19.8 Å². The number of amides is 2. The van der Waals surface area contributed by atoms with E-state index in [1.807, 2.05) is 6.92 Å². The maximum Gasteiger partial charge on any atom is 0.293 e. The third-order valence-corrected chi connectivity index (χ3v) is 5.40. The number of carbonyl (C=O) groups is 3. The quantitative estimate of drug-likeness (QED) is 0.165. The van der Waals surface area contributed by atoms with Crippen LogP contribution in [0.3, 0.4) is 0 Å². The summed E-state index contributed by atoms with van der Waals surface area (Å²) in [4.78, 5) is 48.8. The Balaban J connectivity index is 1.76. The number of ether oxygens (including phenoxy) is 2.